The predicted octanol–water partition coefficient (Wildman–Crippen LogP) is 3.58. The molecule has 1 unspecified atom stereocenters. The van der Waals surface area contributed by atoms with Gasteiger partial charge in [-0.3, -0.25) is 4.99 Å². The van der Waals surface area contributed by atoms with E-state index in [-0.39, 0.29) is 0 Å². The maximum atomic E-state index is 5.81. The molecule has 0 fully saturated rings. The Morgan fingerprint density at radius 1 is 1.12 bits per heavy atom. The van der Waals surface area contributed by atoms with Gasteiger partial charge in [-0.1, -0.05) is 49.7 Å². The molecule has 0 saturated heterocycles. The van der Waals surface area contributed by atoms with Crippen molar-refractivity contribution in [2.75, 3.05) is 25.5 Å². The summed E-state index contributed by atoms with van der Waals surface area (Å²) in [5.41, 5.74) is 2.27. The summed E-state index contributed by atoms with van der Waals surface area (Å²) in [5, 5.41) is 10.8. The van der Waals surface area contributed by atoms with Gasteiger partial charge in [0.15, 0.2) is 5.96 Å². The average molecular weight is 374 g/mol. The second-order valence-electron chi connectivity index (χ2n) is 6.48. The van der Waals surface area contributed by atoms with E-state index < -0.39 is 0 Å². The molecule has 0 radical (unpaired) electrons. The van der Waals surface area contributed by atoms with Crippen LogP contribution in [0.15, 0.2) is 53.7 Å². The Balaban J connectivity index is 1.79. The van der Waals surface area contributed by atoms with Crippen molar-refractivity contribution in [2.24, 2.45) is 10.9 Å². The van der Waals surface area contributed by atoms with Crippen LogP contribution in [0, 0.1) is 5.92 Å². The van der Waals surface area contributed by atoms with E-state index in [0.29, 0.717) is 17.1 Å². The van der Waals surface area contributed by atoms with E-state index >= 15 is 0 Å². The molecule has 1 atom stereocenters. The number of aliphatic imine (C=N–C) groups is 1. The molecule has 1 aromatic heterocycles. The summed E-state index contributed by atoms with van der Waals surface area (Å²) in [4.78, 5) is 8.40. The van der Waals surface area contributed by atoms with E-state index in [9.17, 15) is 0 Å². The molecule has 3 N–H and O–H groups in total. The molecule has 26 heavy (non-hydrogen) atoms. The lowest BCUT2D eigenvalue weighted by molar-refractivity contribution is 0.512. The van der Waals surface area contributed by atoms with E-state index in [1.807, 2.05) is 30.3 Å². The van der Waals surface area contributed by atoms with Gasteiger partial charge in [0, 0.05) is 38.1 Å². The monoisotopic (exact) mass is 373 g/mol. The van der Waals surface area contributed by atoms with E-state index in [1.54, 1.807) is 13.2 Å². The molecule has 2 rings (SSSR count). The van der Waals surface area contributed by atoms with Crippen LogP contribution in [0.2, 0.25) is 5.15 Å². The van der Waals surface area contributed by atoms with Gasteiger partial charge in [0.1, 0.15) is 5.15 Å². The highest BCUT2D eigenvalue weighted by molar-refractivity contribution is 6.29. The maximum Gasteiger partial charge on any atom is 0.191 e. The van der Waals surface area contributed by atoms with Crippen LogP contribution in [-0.4, -0.2) is 37.1 Å². The summed E-state index contributed by atoms with van der Waals surface area (Å²) in [5.74, 6) is 1.29. The number of aromatic nitrogens is 1. The third kappa shape index (κ3) is 6.92. The van der Waals surface area contributed by atoms with Gasteiger partial charge < -0.3 is 16.0 Å². The Morgan fingerprint density at radius 3 is 2.50 bits per heavy atom. The summed E-state index contributed by atoms with van der Waals surface area (Å²) in [6.45, 7) is 5.99. The Labute approximate surface area is 161 Å². The number of benzene rings is 1. The molecular formula is C20H28ClN5. The van der Waals surface area contributed by atoms with E-state index in [1.165, 1.54) is 0 Å². The van der Waals surface area contributed by atoms with Crippen molar-refractivity contribution < 1.29 is 0 Å². The van der Waals surface area contributed by atoms with Crippen LogP contribution in [-0.2, 0) is 6.42 Å². The van der Waals surface area contributed by atoms with Crippen molar-refractivity contribution in [1.82, 2.24) is 15.6 Å². The molecule has 0 aliphatic heterocycles. The zero-order valence-corrected chi connectivity index (χ0v) is 16.4. The smallest absolute Gasteiger partial charge is 0.191 e. The number of guanidine groups is 1. The minimum atomic E-state index is 0.302. The minimum absolute atomic E-state index is 0.302. The molecule has 0 aliphatic carbocycles. The average Bonchev–Trinajstić information content (AvgIpc) is 2.65. The lowest BCUT2D eigenvalue weighted by atomic mass is 10.0. The van der Waals surface area contributed by atoms with Gasteiger partial charge >= 0.3 is 0 Å². The van der Waals surface area contributed by atoms with Crippen molar-refractivity contribution in [3.63, 3.8) is 0 Å². The summed E-state index contributed by atoms with van der Waals surface area (Å²) in [6.07, 6.45) is 2.67. The second-order valence-corrected chi connectivity index (χ2v) is 6.87. The van der Waals surface area contributed by atoms with Crippen molar-refractivity contribution in [1.29, 1.82) is 0 Å². The van der Waals surface area contributed by atoms with E-state index in [4.69, 9.17) is 11.6 Å². The van der Waals surface area contributed by atoms with Crippen LogP contribution in [0.25, 0.3) is 0 Å². The van der Waals surface area contributed by atoms with Crippen LogP contribution in [0.5, 0.6) is 0 Å². The SMILES string of the molecule is CN=C(NCCc1ccc(Cl)nc1)NCC(Nc1ccccc1)C(C)C. The number of para-hydroxylation sites is 1. The molecule has 1 heterocycles. The number of pyridine rings is 1. The number of nitrogens with one attached hydrogen (secondary N) is 3. The zero-order chi connectivity index (χ0) is 18.8. The summed E-state index contributed by atoms with van der Waals surface area (Å²) in [6, 6.07) is 14.4. The number of halogens is 1. The number of nitrogens with zero attached hydrogens (tertiary/aromatic N) is 2. The topological polar surface area (TPSA) is 61.3 Å². The molecule has 0 spiro atoms. The molecular weight excluding hydrogens is 346 g/mol. The molecule has 140 valence electrons. The van der Waals surface area contributed by atoms with Crippen molar-refractivity contribution in [3.05, 3.63) is 59.4 Å². The third-order valence-corrected chi connectivity index (χ3v) is 4.36. The minimum Gasteiger partial charge on any atom is -0.380 e. The van der Waals surface area contributed by atoms with Gasteiger partial charge in [-0.05, 0) is 36.1 Å². The van der Waals surface area contributed by atoms with E-state index in [0.717, 1.165) is 36.7 Å². The Kier molecular flexibility index (Phi) is 8.22. The highest BCUT2D eigenvalue weighted by atomic mass is 35.5. The molecule has 5 nitrogen and oxygen atoms in total. The van der Waals surface area contributed by atoms with Crippen molar-refractivity contribution >= 4 is 23.2 Å². The molecule has 2 aromatic rings. The standard InChI is InChI=1S/C20H28ClN5/c1-15(2)18(26-17-7-5-4-6-8-17)14-25-20(22-3)23-12-11-16-9-10-19(21)24-13-16/h4-10,13,15,18,26H,11-12,14H2,1-3H3,(H2,22,23,25). The zero-order valence-electron chi connectivity index (χ0n) is 15.7. The summed E-state index contributed by atoms with van der Waals surface area (Å²) >= 11 is 5.81. The van der Waals surface area contributed by atoms with Gasteiger partial charge in [0.2, 0.25) is 0 Å². The molecule has 0 aliphatic rings. The van der Waals surface area contributed by atoms with Crippen LogP contribution in [0.1, 0.15) is 19.4 Å². The van der Waals surface area contributed by atoms with Crippen LogP contribution in [0.3, 0.4) is 0 Å². The fourth-order valence-corrected chi connectivity index (χ4v) is 2.62. The third-order valence-electron chi connectivity index (χ3n) is 4.14. The first kappa shape index (κ1) is 20.0. The Bertz CT molecular complexity index is 670. The molecule has 1 aromatic carbocycles. The first-order valence-corrected chi connectivity index (χ1v) is 9.33. The first-order valence-electron chi connectivity index (χ1n) is 8.95. The van der Waals surface area contributed by atoms with Gasteiger partial charge in [0.25, 0.3) is 0 Å². The molecule has 0 amide bonds. The van der Waals surface area contributed by atoms with Gasteiger partial charge in [0.05, 0.1) is 0 Å². The number of rotatable bonds is 8. The number of hydrogen-bond acceptors (Lipinski definition) is 3. The number of hydrogen-bond donors (Lipinski definition) is 3. The van der Waals surface area contributed by atoms with Crippen molar-refractivity contribution in [2.45, 2.75) is 26.3 Å². The van der Waals surface area contributed by atoms with Crippen LogP contribution >= 0.6 is 11.6 Å². The molecule has 6 heteroatoms. The fourth-order valence-electron chi connectivity index (χ4n) is 2.51. The highest BCUT2D eigenvalue weighted by Gasteiger charge is 2.13. The quantitative estimate of drug-likeness (QED) is 0.376. The summed E-state index contributed by atoms with van der Waals surface area (Å²) in [7, 11) is 1.79. The molecule has 0 saturated carbocycles. The Morgan fingerprint density at radius 2 is 1.88 bits per heavy atom. The van der Waals surface area contributed by atoms with Gasteiger partial charge in [-0.25, -0.2) is 4.98 Å². The van der Waals surface area contributed by atoms with Gasteiger partial charge in [-0.2, -0.15) is 0 Å². The lowest BCUT2D eigenvalue weighted by Gasteiger charge is -2.25. The Hall–Kier alpha value is -2.27. The normalized spacial score (nSPS) is 12.7. The predicted molar refractivity (Wildman–Crippen MR) is 111 cm³/mol. The first-order chi connectivity index (χ1) is 12.6. The molecule has 0 bridgehead atoms. The van der Waals surface area contributed by atoms with Crippen molar-refractivity contribution in [3.8, 4) is 0 Å². The summed E-state index contributed by atoms with van der Waals surface area (Å²) < 4.78 is 0. The van der Waals surface area contributed by atoms with E-state index in [2.05, 4.69) is 51.9 Å². The largest absolute Gasteiger partial charge is 0.380 e. The van der Waals surface area contributed by atoms with Crippen LogP contribution < -0.4 is 16.0 Å². The number of anilines is 1. The second kappa shape index (κ2) is 10.7. The lowest BCUT2D eigenvalue weighted by Crippen LogP contribution is -2.45. The van der Waals surface area contributed by atoms with Gasteiger partial charge in [-0.15, -0.1) is 0 Å². The highest BCUT2D eigenvalue weighted by Crippen LogP contribution is 2.11. The fraction of sp³-hybridized carbons (Fsp3) is 0.400. The maximum absolute atomic E-state index is 5.81. The van der Waals surface area contributed by atoms with Crippen LogP contribution in [0.4, 0.5) is 5.69 Å².